The third-order valence-corrected chi connectivity index (χ3v) is 5.59. The molecule has 1 saturated heterocycles. The van der Waals surface area contributed by atoms with Crippen molar-refractivity contribution in [3.05, 3.63) is 59.7 Å². The van der Waals surface area contributed by atoms with E-state index in [0.717, 1.165) is 43.6 Å². The maximum Gasteiger partial charge on any atom is 0.319 e. The van der Waals surface area contributed by atoms with Crippen molar-refractivity contribution < 1.29 is 19.1 Å². The molecule has 0 bridgehead atoms. The molecule has 1 heterocycles. The van der Waals surface area contributed by atoms with Crippen LogP contribution in [-0.2, 0) is 11.3 Å². The molecule has 2 aromatic carbocycles. The van der Waals surface area contributed by atoms with Gasteiger partial charge in [-0.25, -0.2) is 4.79 Å². The lowest BCUT2D eigenvalue weighted by molar-refractivity contribution is 0.0505. The number of rotatable bonds is 8. The number of anilines is 1. The van der Waals surface area contributed by atoms with Crippen molar-refractivity contribution in [1.82, 2.24) is 10.2 Å². The zero-order valence-electron chi connectivity index (χ0n) is 17.8. The summed E-state index contributed by atoms with van der Waals surface area (Å²) in [5.41, 5.74) is 2.18. The van der Waals surface area contributed by atoms with Crippen molar-refractivity contribution >= 4 is 17.6 Å². The van der Waals surface area contributed by atoms with Crippen LogP contribution in [0, 0.1) is 0 Å². The second-order valence-corrected chi connectivity index (χ2v) is 8.08. The van der Waals surface area contributed by atoms with Crippen LogP contribution in [0.2, 0.25) is 0 Å². The first-order chi connectivity index (χ1) is 15.1. The van der Waals surface area contributed by atoms with Gasteiger partial charge in [-0.05, 0) is 56.0 Å². The summed E-state index contributed by atoms with van der Waals surface area (Å²) in [6.07, 6.45) is 4.09. The minimum Gasteiger partial charge on any atom is -0.496 e. The average Bonchev–Trinajstić information content (AvgIpc) is 3.44. The summed E-state index contributed by atoms with van der Waals surface area (Å²) in [5.74, 6) is 0.684. The summed E-state index contributed by atoms with van der Waals surface area (Å²) < 4.78 is 11.3. The lowest BCUT2D eigenvalue weighted by Crippen LogP contribution is -2.37. The van der Waals surface area contributed by atoms with Gasteiger partial charge in [0.25, 0.3) is 5.91 Å². The maximum absolute atomic E-state index is 13.4. The number of nitrogens with zero attached hydrogens (tertiary/aromatic N) is 1. The summed E-state index contributed by atoms with van der Waals surface area (Å²) in [7, 11) is 1.64. The Balaban J connectivity index is 1.46. The van der Waals surface area contributed by atoms with Crippen molar-refractivity contribution in [2.24, 2.45) is 0 Å². The molecule has 0 aromatic heterocycles. The van der Waals surface area contributed by atoms with E-state index < -0.39 is 0 Å². The van der Waals surface area contributed by atoms with Gasteiger partial charge in [0.2, 0.25) is 0 Å². The van der Waals surface area contributed by atoms with Gasteiger partial charge in [-0.2, -0.15) is 0 Å². The highest BCUT2D eigenvalue weighted by Gasteiger charge is 2.25. The topological polar surface area (TPSA) is 79.9 Å². The molecule has 1 saturated carbocycles. The van der Waals surface area contributed by atoms with Crippen LogP contribution in [0.5, 0.6) is 5.75 Å². The number of nitrogens with one attached hydrogen (secondary N) is 2. The van der Waals surface area contributed by atoms with Crippen LogP contribution in [0.15, 0.2) is 48.5 Å². The second-order valence-electron chi connectivity index (χ2n) is 8.08. The van der Waals surface area contributed by atoms with E-state index in [1.165, 1.54) is 0 Å². The van der Waals surface area contributed by atoms with E-state index in [1.807, 2.05) is 29.2 Å². The minimum atomic E-state index is -0.210. The Kier molecular flexibility index (Phi) is 6.72. The Morgan fingerprint density at radius 3 is 2.55 bits per heavy atom. The molecule has 1 aliphatic heterocycles. The monoisotopic (exact) mass is 423 g/mol. The summed E-state index contributed by atoms with van der Waals surface area (Å²) in [4.78, 5) is 27.1. The average molecular weight is 424 g/mol. The smallest absolute Gasteiger partial charge is 0.319 e. The summed E-state index contributed by atoms with van der Waals surface area (Å²) in [6, 6.07) is 14.8. The van der Waals surface area contributed by atoms with E-state index in [4.69, 9.17) is 9.47 Å². The molecule has 7 heteroatoms. The number of carbonyl (C=O) groups excluding carboxylic acids is 2. The SMILES string of the molecule is COc1ccccc1CN(CC1CCCO1)C(=O)c1ccc(NC(=O)NC2CC2)cc1. The summed E-state index contributed by atoms with van der Waals surface area (Å²) >= 11 is 0. The van der Waals surface area contributed by atoms with Crippen LogP contribution in [0.1, 0.15) is 41.6 Å². The fourth-order valence-electron chi connectivity index (χ4n) is 3.75. The van der Waals surface area contributed by atoms with Crippen molar-refractivity contribution in [3.8, 4) is 5.75 Å². The zero-order chi connectivity index (χ0) is 21.6. The van der Waals surface area contributed by atoms with Crippen molar-refractivity contribution in [2.75, 3.05) is 25.6 Å². The van der Waals surface area contributed by atoms with Crippen molar-refractivity contribution in [3.63, 3.8) is 0 Å². The van der Waals surface area contributed by atoms with E-state index in [1.54, 1.807) is 31.4 Å². The van der Waals surface area contributed by atoms with E-state index in [0.29, 0.717) is 30.4 Å². The van der Waals surface area contributed by atoms with Crippen LogP contribution in [0.4, 0.5) is 10.5 Å². The highest BCUT2D eigenvalue weighted by Crippen LogP contribution is 2.23. The number of urea groups is 1. The van der Waals surface area contributed by atoms with E-state index in [-0.39, 0.29) is 18.0 Å². The van der Waals surface area contributed by atoms with Gasteiger partial charge < -0.3 is 25.0 Å². The van der Waals surface area contributed by atoms with Gasteiger partial charge in [0.05, 0.1) is 13.2 Å². The molecule has 3 amide bonds. The highest BCUT2D eigenvalue weighted by molar-refractivity contribution is 5.95. The van der Waals surface area contributed by atoms with E-state index >= 15 is 0 Å². The Morgan fingerprint density at radius 2 is 1.87 bits per heavy atom. The lowest BCUT2D eigenvalue weighted by atomic mass is 10.1. The first-order valence-corrected chi connectivity index (χ1v) is 10.8. The van der Waals surface area contributed by atoms with Crippen LogP contribution in [0.25, 0.3) is 0 Å². The number of benzene rings is 2. The first-order valence-electron chi connectivity index (χ1n) is 10.8. The van der Waals surface area contributed by atoms with Crippen LogP contribution in [0.3, 0.4) is 0 Å². The first kappa shape index (κ1) is 21.2. The molecular formula is C24H29N3O4. The largest absolute Gasteiger partial charge is 0.496 e. The fourth-order valence-corrected chi connectivity index (χ4v) is 3.75. The van der Waals surface area contributed by atoms with E-state index in [9.17, 15) is 9.59 Å². The summed E-state index contributed by atoms with van der Waals surface area (Å²) in [6.45, 7) is 1.71. The van der Waals surface area contributed by atoms with Gasteiger partial charge >= 0.3 is 6.03 Å². The number of hydrogen-bond donors (Lipinski definition) is 2. The molecule has 1 unspecified atom stereocenters. The predicted molar refractivity (Wildman–Crippen MR) is 118 cm³/mol. The van der Waals surface area contributed by atoms with Gasteiger partial charge in [-0.1, -0.05) is 18.2 Å². The number of methoxy groups -OCH3 is 1. The molecule has 1 atom stereocenters. The van der Waals surface area contributed by atoms with Gasteiger partial charge in [0, 0.05) is 42.6 Å². The Labute approximate surface area is 182 Å². The van der Waals surface area contributed by atoms with Gasteiger partial charge in [0.15, 0.2) is 0 Å². The molecule has 0 radical (unpaired) electrons. The van der Waals surface area contributed by atoms with Gasteiger partial charge in [-0.3, -0.25) is 4.79 Å². The number of carbonyl (C=O) groups is 2. The van der Waals surface area contributed by atoms with Crippen LogP contribution >= 0.6 is 0 Å². The molecule has 7 nitrogen and oxygen atoms in total. The van der Waals surface area contributed by atoms with Crippen molar-refractivity contribution in [1.29, 1.82) is 0 Å². The Bertz CT molecular complexity index is 905. The number of amides is 3. The number of hydrogen-bond acceptors (Lipinski definition) is 4. The molecule has 4 rings (SSSR count). The van der Waals surface area contributed by atoms with Crippen LogP contribution in [-0.4, -0.2) is 49.2 Å². The maximum atomic E-state index is 13.4. The third kappa shape index (κ3) is 5.76. The molecule has 2 aromatic rings. The lowest BCUT2D eigenvalue weighted by Gasteiger charge is -2.26. The summed E-state index contributed by atoms with van der Waals surface area (Å²) in [5, 5.41) is 5.70. The van der Waals surface area contributed by atoms with Gasteiger partial charge in [-0.15, -0.1) is 0 Å². The van der Waals surface area contributed by atoms with Crippen molar-refractivity contribution in [2.45, 2.75) is 44.4 Å². The molecule has 2 N–H and O–H groups in total. The molecule has 2 aliphatic rings. The Hall–Kier alpha value is -3.06. The quantitative estimate of drug-likeness (QED) is 0.677. The molecule has 2 fully saturated rings. The molecule has 31 heavy (non-hydrogen) atoms. The molecule has 164 valence electrons. The van der Waals surface area contributed by atoms with Gasteiger partial charge in [0.1, 0.15) is 5.75 Å². The molecule has 0 spiro atoms. The van der Waals surface area contributed by atoms with E-state index in [2.05, 4.69) is 10.6 Å². The second kappa shape index (κ2) is 9.83. The Morgan fingerprint density at radius 1 is 1.10 bits per heavy atom. The fraction of sp³-hybridized carbons (Fsp3) is 0.417. The third-order valence-electron chi connectivity index (χ3n) is 5.59. The predicted octanol–water partition coefficient (Wildman–Crippen LogP) is 3.80. The molecule has 1 aliphatic carbocycles. The normalized spacial score (nSPS) is 17.8. The molecular weight excluding hydrogens is 394 g/mol. The minimum absolute atomic E-state index is 0.0470. The number of ether oxygens (including phenoxy) is 2. The zero-order valence-corrected chi connectivity index (χ0v) is 17.8. The standard InChI is InChI=1S/C24H29N3O4/c1-30-22-7-3-2-5-18(22)15-27(16-21-6-4-14-31-21)23(28)17-8-10-19(11-9-17)25-24(29)26-20-12-13-20/h2-3,5,7-11,20-21H,4,6,12-16H2,1H3,(H2,25,26,29). The van der Waals surface area contributed by atoms with Crippen LogP contribution < -0.4 is 15.4 Å². The highest BCUT2D eigenvalue weighted by atomic mass is 16.5. The number of para-hydroxylation sites is 1.